The largest absolute Gasteiger partial charge is 0.389 e. The fourth-order valence-corrected chi connectivity index (χ4v) is 3.30. The van der Waals surface area contributed by atoms with Gasteiger partial charge in [-0.15, -0.1) is 0 Å². The molecule has 2 rings (SSSR count). The second kappa shape index (κ2) is 6.33. The average molecular weight is 322 g/mol. The van der Waals surface area contributed by atoms with E-state index in [1.54, 1.807) is 12.1 Å². The second-order valence-electron chi connectivity index (χ2n) is 5.00. The second-order valence-corrected chi connectivity index (χ2v) is 6.77. The van der Waals surface area contributed by atoms with Crippen LogP contribution in [-0.4, -0.2) is 21.1 Å². The van der Waals surface area contributed by atoms with E-state index in [2.05, 4.69) is 10.0 Å². The molecule has 0 bridgehead atoms. The van der Waals surface area contributed by atoms with Crippen molar-refractivity contribution in [2.75, 3.05) is 6.54 Å². The Balaban J connectivity index is 1.87. The van der Waals surface area contributed by atoms with Gasteiger partial charge in [-0.05, 0) is 36.1 Å². The van der Waals surface area contributed by atoms with E-state index in [0.29, 0.717) is 6.54 Å². The van der Waals surface area contributed by atoms with Gasteiger partial charge in [0.15, 0.2) is 0 Å². The third-order valence-corrected chi connectivity index (χ3v) is 4.76. The molecule has 0 unspecified atom stereocenters. The molecule has 0 radical (unpaired) electrons. The van der Waals surface area contributed by atoms with Gasteiger partial charge in [-0.1, -0.05) is 6.07 Å². The van der Waals surface area contributed by atoms with Crippen LogP contribution in [0.2, 0.25) is 0 Å². The highest BCUT2D eigenvalue weighted by Crippen LogP contribution is 2.22. The van der Waals surface area contributed by atoms with Crippen LogP contribution < -0.4 is 10.0 Å². The Morgan fingerprint density at radius 2 is 1.86 bits per heavy atom. The van der Waals surface area contributed by atoms with Crippen LogP contribution in [0.1, 0.15) is 30.4 Å². The molecule has 0 aliphatic carbocycles. The maximum Gasteiger partial charge on any atom is 0.389 e. The number of benzene rings is 1. The molecule has 0 fully saturated rings. The number of alkyl halides is 3. The zero-order valence-electron chi connectivity index (χ0n) is 11.3. The molecule has 4 nitrogen and oxygen atoms in total. The molecule has 1 heterocycles. The van der Waals surface area contributed by atoms with Crippen molar-refractivity contribution in [2.24, 2.45) is 0 Å². The molecule has 2 N–H and O–H groups in total. The van der Waals surface area contributed by atoms with Gasteiger partial charge in [0.2, 0.25) is 10.0 Å². The van der Waals surface area contributed by atoms with E-state index >= 15 is 0 Å². The van der Waals surface area contributed by atoms with Gasteiger partial charge in [0.1, 0.15) is 0 Å². The van der Waals surface area contributed by atoms with E-state index in [0.717, 1.165) is 17.7 Å². The number of nitrogens with one attached hydrogen (secondary N) is 2. The predicted octanol–water partition coefficient (Wildman–Crippen LogP) is 2.30. The molecule has 8 heteroatoms. The number of fused-ring (bicyclic) bond motifs is 1. The Morgan fingerprint density at radius 3 is 2.57 bits per heavy atom. The summed E-state index contributed by atoms with van der Waals surface area (Å²) in [4.78, 5) is 0.153. The molecular weight excluding hydrogens is 305 g/mol. The van der Waals surface area contributed by atoms with Crippen molar-refractivity contribution in [3.8, 4) is 0 Å². The zero-order valence-corrected chi connectivity index (χ0v) is 12.1. The lowest BCUT2D eigenvalue weighted by Crippen LogP contribution is -2.25. The number of hydrogen-bond donors (Lipinski definition) is 2. The third kappa shape index (κ3) is 4.69. The monoisotopic (exact) mass is 322 g/mol. The van der Waals surface area contributed by atoms with E-state index in [-0.39, 0.29) is 24.3 Å². The highest BCUT2D eigenvalue weighted by Gasteiger charge is 2.26. The van der Waals surface area contributed by atoms with Crippen LogP contribution in [0.3, 0.4) is 0 Å². The average Bonchev–Trinajstić information content (AvgIpc) is 2.83. The van der Waals surface area contributed by atoms with Crippen LogP contribution in [0, 0.1) is 0 Å². The first-order valence-electron chi connectivity index (χ1n) is 6.67. The first kappa shape index (κ1) is 16.3. The summed E-state index contributed by atoms with van der Waals surface area (Å²) in [7, 11) is -3.66. The lowest BCUT2D eigenvalue weighted by atomic mass is 10.1. The van der Waals surface area contributed by atoms with E-state index < -0.39 is 22.6 Å². The van der Waals surface area contributed by atoms with Crippen molar-refractivity contribution in [3.63, 3.8) is 0 Å². The quantitative estimate of drug-likeness (QED) is 0.790. The van der Waals surface area contributed by atoms with Crippen molar-refractivity contribution in [3.05, 3.63) is 29.3 Å². The van der Waals surface area contributed by atoms with Gasteiger partial charge in [-0.25, -0.2) is 13.1 Å². The molecule has 21 heavy (non-hydrogen) atoms. The summed E-state index contributed by atoms with van der Waals surface area (Å²) in [6.45, 7) is 1.36. The summed E-state index contributed by atoms with van der Waals surface area (Å²) in [5, 5.41) is 3.12. The lowest BCUT2D eigenvalue weighted by Gasteiger charge is -2.09. The number of unbranched alkanes of at least 4 members (excludes halogenated alkanes) is 1. The van der Waals surface area contributed by atoms with Crippen molar-refractivity contribution < 1.29 is 21.6 Å². The predicted molar refractivity (Wildman–Crippen MR) is 72.1 cm³/mol. The maximum atomic E-state index is 12.0. The Labute approximate surface area is 121 Å². The van der Waals surface area contributed by atoms with Crippen molar-refractivity contribution in [2.45, 2.75) is 43.4 Å². The van der Waals surface area contributed by atoms with E-state index in [4.69, 9.17) is 0 Å². The van der Waals surface area contributed by atoms with E-state index in [1.165, 1.54) is 6.07 Å². The van der Waals surface area contributed by atoms with Crippen molar-refractivity contribution in [1.82, 2.24) is 10.0 Å². The Hall–Kier alpha value is -1.12. The maximum absolute atomic E-state index is 12.0. The number of rotatable bonds is 6. The van der Waals surface area contributed by atoms with Gasteiger partial charge in [0.05, 0.1) is 4.90 Å². The molecule has 1 aliphatic heterocycles. The van der Waals surface area contributed by atoms with Crippen LogP contribution in [0.4, 0.5) is 13.2 Å². The summed E-state index contributed by atoms with van der Waals surface area (Å²) in [6.07, 6.45) is -5.00. The van der Waals surface area contributed by atoms with Crippen molar-refractivity contribution in [1.29, 1.82) is 0 Å². The lowest BCUT2D eigenvalue weighted by molar-refractivity contribution is -0.135. The summed E-state index contributed by atoms with van der Waals surface area (Å²) in [5.41, 5.74) is 2.01. The first-order chi connectivity index (χ1) is 9.78. The molecule has 1 aliphatic rings. The van der Waals surface area contributed by atoms with Crippen LogP contribution in [-0.2, 0) is 23.1 Å². The molecule has 0 atom stereocenters. The summed E-state index contributed by atoms with van der Waals surface area (Å²) < 4.78 is 62.3. The molecule has 0 amide bonds. The molecule has 0 saturated heterocycles. The van der Waals surface area contributed by atoms with Gasteiger partial charge in [0.25, 0.3) is 0 Å². The normalized spacial score (nSPS) is 15.2. The fraction of sp³-hybridized carbons (Fsp3) is 0.538. The molecule has 1 aromatic rings. The minimum atomic E-state index is -4.19. The fourth-order valence-electron chi connectivity index (χ4n) is 2.18. The SMILES string of the molecule is O=S(=O)(NCCCCC(F)(F)F)c1ccc2c(c1)CNC2. The Bertz CT molecular complexity index is 600. The van der Waals surface area contributed by atoms with Gasteiger partial charge in [-0.2, -0.15) is 13.2 Å². The first-order valence-corrected chi connectivity index (χ1v) is 8.15. The van der Waals surface area contributed by atoms with Gasteiger partial charge in [0, 0.05) is 26.1 Å². The molecular formula is C13H17F3N2O2S. The Morgan fingerprint density at radius 1 is 1.14 bits per heavy atom. The summed E-state index contributed by atoms with van der Waals surface area (Å²) in [5.74, 6) is 0. The standard InChI is InChI=1S/C13H17F3N2O2S/c14-13(15,16)5-1-2-6-18-21(19,20)12-4-3-10-8-17-9-11(10)7-12/h3-4,7,17-18H,1-2,5-6,8-9H2. The van der Waals surface area contributed by atoms with Gasteiger partial charge < -0.3 is 5.32 Å². The minimum absolute atomic E-state index is 0.00769. The van der Waals surface area contributed by atoms with Crippen LogP contribution in [0.5, 0.6) is 0 Å². The van der Waals surface area contributed by atoms with Crippen LogP contribution in [0.15, 0.2) is 23.1 Å². The van der Waals surface area contributed by atoms with Gasteiger partial charge in [-0.3, -0.25) is 0 Å². The minimum Gasteiger partial charge on any atom is -0.309 e. The molecule has 0 aromatic heterocycles. The van der Waals surface area contributed by atoms with Crippen molar-refractivity contribution >= 4 is 10.0 Å². The zero-order chi connectivity index (χ0) is 15.5. The number of sulfonamides is 1. The van der Waals surface area contributed by atoms with Gasteiger partial charge >= 0.3 is 6.18 Å². The molecule has 0 spiro atoms. The third-order valence-electron chi connectivity index (χ3n) is 3.30. The summed E-state index contributed by atoms with van der Waals surface area (Å²) >= 11 is 0. The van der Waals surface area contributed by atoms with Crippen LogP contribution >= 0.6 is 0 Å². The summed E-state index contributed by atoms with van der Waals surface area (Å²) in [6, 6.07) is 4.88. The highest BCUT2D eigenvalue weighted by atomic mass is 32.2. The smallest absolute Gasteiger partial charge is 0.309 e. The van der Waals surface area contributed by atoms with E-state index in [9.17, 15) is 21.6 Å². The topological polar surface area (TPSA) is 58.2 Å². The number of halogens is 3. The highest BCUT2D eigenvalue weighted by molar-refractivity contribution is 7.89. The molecule has 0 saturated carbocycles. The molecule has 1 aromatic carbocycles. The van der Waals surface area contributed by atoms with E-state index in [1.807, 2.05) is 0 Å². The van der Waals surface area contributed by atoms with Crippen LogP contribution in [0.25, 0.3) is 0 Å². The number of hydrogen-bond acceptors (Lipinski definition) is 3. The Kier molecular flexibility index (Phi) is 4.90. The molecule has 118 valence electrons.